The van der Waals surface area contributed by atoms with Gasteiger partial charge in [-0.05, 0) is 0 Å². The minimum Gasteiger partial charge on any atom is -0.509 e. The standard InChI is InChI=1S/C3H2F3.BH3O3.K/c1-2-3(4,5)6;2-1(3)4;/h1-2H;2-4H;/q-1;;+1. The Hall–Kier alpha value is 1.11. The Kier molecular flexibility index (Phi) is 15.1. The van der Waals surface area contributed by atoms with Crippen LogP contribution in [0.1, 0.15) is 0 Å². The van der Waals surface area contributed by atoms with Gasteiger partial charge in [-0.2, -0.15) is 19.2 Å². The van der Waals surface area contributed by atoms with Crippen molar-refractivity contribution in [3.8, 4) is 0 Å². The van der Waals surface area contributed by atoms with E-state index >= 15 is 0 Å². The molecule has 0 unspecified atom stereocenters. The molecule has 0 atom stereocenters. The molecule has 0 aliphatic heterocycles. The quantitative estimate of drug-likeness (QED) is 0.278. The van der Waals surface area contributed by atoms with E-state index in [2.05, 4.69) is 6.58 Å². The maximum absolute atomic E-state index is 10.6. The summed E-state index contributed by atoms with van der Waals surface area (Å²) >= 11 is 0. The van der Waals surface area contributed by atoms with Gasteiger partial charge in [0.2, 0.25) is 0 Å². The topological polar surface area (TPSA) is 60.7 Å². The Balaban J connectivity index is -0.000000114. The van der Waals surface area contributed by atoms with Gasteiger partial charge >= 0.3 is 64.9 Å². The van der Waals surface area contributed by atoms with Crippen molar-refractivity contribution in [3.63, 3.8) is 0 Å². The third-order valence-corrected chi connectivity index (χ3v) is 0.189. The van der Waals surface area contributed by atoms with Gasteiger partial charge in [0.25, 0.3) is 0 Å². The average Bonchev–Trinajstić information content (AvgIpc) is 1.63. The predicted octanol–water partition coefficient (Wildman–Crippen LogP) is -3.51. The van der Waals surface area contributed by atoms with Crippen molar-refractivity contribution >= 4 is 7.32 Å². The van der Waals surface area contributed by atoms with E-state index in [-0.39, 0.29) is 57.5 Å². The van der Waals surface area contributed by atoms with E-state index in [1.54, 1.807) is 0 Å². The van der Waals surface area contributed by atoms with E-state index in [1.165, 1.54) is 0 Å². The SMILES string of the molecule is OB(O)O.[CH-]=CC(F)(F)F.[K+]. The summed E-state index contributed by atoms with van der Waals surface area (Å²) in [4.78, 5) is 0. The minimum absolute atomic E-state index is 0. The van der Waals surface area contributed by atoms with Gasteiger partial charge in [0.1, 0.15) is 0 Å². The van der Waals surface area contributed by atoms with E-state index in [0.29, 0.717) is 0 Å². The number of alkyl halides is 3. The predicted molar refractivity (Wildman–Crippen MR) is 27.3 cm³/mol. The van der Waals surface area contributed by atoms with Gasteiger partial charge in [-0.1, -0.05) is 0 Å². The molecule has 0 saturated carbocycles. The minimum atomic E-state index is -4.31. The molecule has 3 N–H and O–H groups in total. The molecule has 0 aliphatic carbocycles. The van der Waals surface area contributed by atoms with Crippen molar-refractivity contribution < 1.29 is 79.6 Å². The second kappa shape index (κ2) is 9.20. The second-order valence-corrected chi connectivity index (χ2v) is 1.05. The third kappa shape index (κ3) is 54.6. The van der Waals surface area contributed by atoms with Gasteiger partial charge in [-0.3, -0.25) is 0 Å². The summed E-state index contributed by atoms with van der Waals surface area (Å²) < 4.78 is 31.8. The summed E-state index contributed by atoms with van der Waals surface area (Å²) in [6, 6.07) is 0. The molecule has 0 saturated heterocycles. The second-order valence-electron chi connectivity index (χ2n) is 1.05. The van der Waals surface area contributed by atoms with Crippen LogP contribution in [0.15, 0.2) is 6.08 Å². The number of rotatable bonds is 0. The van der Waals surface area contributed by atoms with Crippen LogP contribution < -0.4 is 51.4 Å². The van der Waals surface area contributed by atoms with Crippen molar-refractivity contribution in [3.05, 3.63) is 12.7 Å². The number of hydrogen-bond donors (Lipinski definition) is 3. The van der Waals surface area contributed by atoms with Crippen LogP contribution in [0, 0.1) is 6.58 Å². The molecule has 0 amide bonds. The van der Waals surface area contributed by atoms with E-state index in [4.69, 9.17) is 15.1 Å². The summed E-state index contributed by atoms with van der Waals surface area (Å²) in [5, 5.41) is 21.5. The molecule has 0 aromatic heterocycles. The number of hydrogen-bond acceptors (Lipinski definition) is 3. The monoisotopic (exact) mass is 196 g/mol. The largest absolute Gasteiger partial charge is 1.00 e. The summed E-state index contributed by atoms with van der Waals surface area (Å²) in [5.74, 6) is 0. The fourth-order valence-electron chi connectivity index (χ4n) is 0. The fraction of sp³-hybridized carbons (Fsp3) is 0.333. The molecule has 0 spiro atoms. The summed E-state index contributed by atoms with van der Waals surface area (Å²) in [6.45, 7) is 4.06. The van der Waals surface area contributed by atoms with E-state index in [9.17, 15) is 13.2 Å². The fourth-order valence-corrected chi connectivity index (χ4v) is 0. The molecule has 0 aromatic rings. The van der Waals surface area contributed by atoms with Crippen LogP contribution in [0.3, 0.4) is 0 Å². The normalized spacial score (nSPS) is 8.55. The van der Waals surface area contributed by atoms with Crippen molar-refractivity contribution in [1.29, 1.82) is 0 Å². The Morgan fingerprint density at radius 3 is 1.27 bits per heavy atom. The van der Waals surface area contributed by atoms with E-state index in [1.807, 2.05) is 0 Å². The molecule has 0 aliphatic rings. The van der Waals surface area contributed by atoms with Crippen molar-refractivity contribution in [2.75, 3.05) is 0 Å². The molecule has 0 heterocycles. The van der Waals surface area contributed by atoms with Gasteiger partial charge < -0.3 is 21.7 Å². The smallest absolute Gasteiger partial charge is 0.509 e. The molecule has 0 bridgehead atoms. The van der Waals surface area contributed by atoms with Gasteiger partial charge in [-0.15, -0.1) is 0 Å². The van der Waals surface area contributed by atoms with Crippen molar-refractivity contribution in [1.82, 2.24) is 0 Å². The Bertz CT molecular complexity index is 93.6. The van der Waals surface area contributed by atoms with Crippen LogP contribution in [0.25, 0.3) is 0 Å². The molecular weight excluding hydrogens is 191 g/mol. The van der Waals surface area contributed by atoms with Gasteiger partial charge in [-0.25, -0.2) is 0 Å². The van der Waals surface area contributed by atoms with Crippen LogP contribution in [0.5, 0.6) is 0 Å². The zero-order valence-corrected chi connectivity index (χ0v) is 8.83. The molecular formula is C3H5BF3KO3. The molecule has 8 heteroatoms. The maximum atomic E-state index is 10.6. The number of halogens is 3. The Morgan fingerprint density at radius 1 is 1.18 bits per heavy atom. The zero-order chi connectivity index (χ0) is 8.78. The molecule has 0 fully saturated rings. The summed E-state index contributed by atoms with van der Waals surface area (Å²) in [7, 11) is -2.17. The third-order valence-electron chi connectivity index (χ3n) is 0.189. The van der Waals surface area contributed by atoms with Gasteiger partial charge in [0, 0.05) is 0 Å². The number of allylic oxidation sites excluding steroid dienone is 1. The summed E-state index contributed by atoms with van der Waals surface area (Å²) in [5.41, 5.74) is 0. The molecule has 0 aromatic carbocycles. The first-order valence-corrected chi connectivity index (χ1v) is 1.96. The Labute approximate surface area is 105 Å². The van der Waals surface area contributed by atoms with Crippen LogP contribution >= 0.6 is 0 Å². The molecule has 0 radical (unpaired) electrons. The molecule has 11 heavy (non-hydrogen) atoms. The van der Waals surface area contributed by atoms with Crippen molar-refractivity contribution in [2.24, 2.45) is 0 Å². The van der Waals surface area contributed by atoms with Crippen molar-refractivity contribution in [2.45, 2.75) is 6.18 Å². The van der Waals surface area contributed by atoms with Crippen LogP contribution in [-0.4, -0.2) is 28.6 Å². The Morgan fingerprint density at radius 2 is 1.27 bits per heavy atom. The van der Waals surface area contributed by atoms with Crippen LogP contribution in [-0.2, 0) is 0 Å². The first-order valence-electron chi connectivity index (χ1n) is 1.96. The maximum Gasteiger partial charge on any atom is 1.00 e. The van der Waals surface area contributed by atoms with Gasteiger partial charge in [0.05, 0.1) is 0 Å². The first-order chi connectivity index (χ1) is 4.29. The molecule has 3 nitrogen and oxygen atoms in total. The van der Waals surface area contributed by atoms with Crippen LogP contribution in [0.2, 0.25) is 0 Å². The van der Waals surface area contributed by atoms with E-state index < -0.39 is 13.5 Å². The molecule has 0 rings (SSSR count). The molecule has 60 valence electrons. The van der Waals surface area contributed by atoms with Crippen LogP contribution in [0.4, 0.5) is 13.2 Å². The van der Waals surface area contributed by atoms with E-state index in [0.717, 1.165) is 0 Å². The van der Waals surface area contributed by atoms with Gasteiger partial charge in [0.15, 0.2) is 0 Å². The first kappa shape index (κ1) is 18.0. The average molecular weight is 196 g/mol. The zero-order valence-electron chi connectivity index (χ0n) is 5.71. The summed E-state index contributed by atoms with van der Waals surface area (Å²) in [6.07, 6.45) is -4.62.